The number of rotatable bonds is 25. The van der Waals surface area contributed by atoms with Crippen molar-refractivity contribution in [2.45, 2.75) is 214 Å². The summed E-state index contributed by atoms with van der Waals surface area (Å²) in [5, 5.41) is 5.99. The molecule has 2 atom stereocenters. The van der Waals surface area contributed by atoms with Crippen LogP contribution < -0.4 is 20.9 Å². The van der Waals surface area contributed by atoms with Crippen molar-refractivity contribution in [2.75, 3.05) is 6.54 Å². The number of nitrogens with one attached hydrogen (secondary N) is 2. The van der Waals surface area contributed by atoms with Crippen molar-refractivity contribution in [1.82, 2.24) is 20.2 Å². The summed E-state index contributed by atoms with van der Waals surface area (Å²) >= 11 is 0. The second kappa shape index (κ2) is 24.8. The summed E-state index contributed by atoms with van der Waals surface area (Å²) in [6.07, 6.45) is 14.9. The Morgan fingerprint density at radius 2 is 1.41 bits per heavy atom. The fraction of sp³-hybridized carbons (Fsp3) is 0.630. The summed E-state index contributed by atoms with van der Waals surface area (Å²) < 4.78 is 29.3. The fourth-order valence-electron chi connectivity index (χ4n) is 9.09. The third kappa shape index (κ3) is 14.9. The van der Waals surface area contributed by atoms with E-state index in [2.05, 4.69) is 17.6 Å². The van der Waals surface area contributed by atoms with Gasteiger partial charge in [0.15, 0.2) is 0 Å². The Hall–Kier alpha value is -5.80. The van der Waals surface area contributed by atoms with Gasteiger partial charge in [0.05, 0.1) is 29.0 Å². The second-order valence-corrected chi connectivity index (χ2v) is 20.5. The number of cyclic esters (lactones) is 1. The number of amides is 2. The topological polar surface area (TPSA) is 208 Å². The highest BCUT2D eigenvalue weighted by atomic mass is 16.7. The number of benzene rings is 1. The van der Waals surface area contributed by atoms with Crippen molar-refractivity contribution in [3.63, 3.8) is 0 Å². The minimum absolute atomic E-state index is 0.0840. The van der Waals surface area contributed by atoms with Crippen LogP contribution >= 0.6 is 0 Å². The molecule has 16 heteroatoms. The van der Waals surface area contributed by atoms with Crippen LogP contribution in [0.2, 0.25) is 0 Å². The second-order valence-electron chi connectivity index (χ2n) is 20.5. The van der Waals surface area contributed by atoms with Gasteiger partial charge in [0.2, 0.25) is 17.4 Å². The zero-order valence-electron chi connectivity index (χ0n) is 43.0. The normalized spacial score (nSPS) is 15.5. The largest absolute Gasteiger partial charge is 0.514 e. The third-order valence-corrected chi connectivity index (χ3v) is 12.6. The van der Waals surface area contributed by atoms with Gasteiger partial charge in [-0.2, -0.15) is 0 Å². The Labute approximate surface area is 412 Å². The molecule has 2 aromatic heterocycles. The Morgan fingerprint density at radius 1 is 0.786 bits per heavy atom. The van der Waals surface area contributed by atoms with Gasteiger partial charge in [-0.05, 0) is 97.1 Å². The first-order chi connectivity index (χ1) is 33.2. The smallest absolute Gasteiger partial charge is 0.458 e. The molecule has 2 amide bonds. The minimum Gasteiger partial charge on any atom is -0.458 e. The summed E-state index contributed by atoms with van der Waals surface area (Å²) in [5.74, 6) is -3.13. The average Bonchev–Trinajstić information content (AvgIpc) is 3.65. The van der Waals surface area contributed by atoms with E-state index in [0.717, 1.165) is 35.8 Å². The molecule has 0 saturated carbocycles. The molecule has 0 bridgehead atoms. The highest BCUT2D eigenvalue weighted by Gasteiger charge is 2.50. The monoisotopic (exact) mass is 973 g/mol. The molecule has 0 saturated heterocycles. The zero-order valence-corrected chi connectivity index (χ0v) is 43.0. The number of carbonyl (C=O) groups excluding carboxylic acids is 6. The van der Waals surface area contributed by atoms with Crippen molar-refractivity contribution >= 4 is 46.8 Å². The van der Waals surface area contributed by atoms with E-state index in [0.29, 0.717) is 29.7 Å². The SMILES string of the molecule is CCCCCCCCCCCCCCCC(=O)N[C@@H](CCC(=O)NCC(=O)O[C@]1(CC)C(=O)OCc2c1cc1n(c2=O)Cc2c-1nc1ccc(OC(=O)OC(C)(C)C)cc1c2CC)C(=O)OC(C)(C)C. The average molecular weight is 973 g/mol. The van der Waals surface area contributed by atoms with Gasteiger partial charge < -0.3 is 38.9 Å². The van der Waals surface area contributed by atoms with Crippen LogP contribution in [-0.4, -0.2) is 69.2 Å². The molecule has 5 rings (SSSR count). The van der Waals surface area contributed by atoms with Gasteiger partial charge in [0, 0.05) is 29.4 Å². The van der Waals surface area contributed by atoms with Crippen LogP contribution in [0.15, 0.2) is 29.1 Å². The van der Waals surface area contributed by atoms with Crippen LogP contribution in [0.5, 0.6) is 5.75 Å². The van der Waals surface area contributed by atoms with E-state index >= 15 is 0 Å². The van der Waals surface area contributed by atoms with Crippen molar-refractivity contribution in [3.8, 4) is 17.1 Å². The maximum atomic E-state index is 14.3. The van der Waals surface area contributed by atoms with E-state index in [1.807, 2.05) is 6.92 Å². The summed E-state index contributed by atoms with van der Waals surface area (Å²) in [4.78, 5) is 98.2. The van der Waals surface area contributed by atoms with E-state index < -0.39 is 64.9 Å². The van der Waals surface area contributed by atoms with Crippen LogP contribution in [-0.2, 0) is 68.1 Å². The predicted octanol–water partition coefficient (Wildman–Crippen LogP) is 9.71. The van der Waals surface area contributed by atoms with Gasteiger partial charge >= 0.3 is 24.1 Å². The fourth-order valence-corrected chi connectivity index (χ4v) is 9.09. The first-order valence-corrected chi connectivity index (χ1v) is 25.5. The molecule has 3 aromatic rings. The first kappa shape index (κ1) is 55.1. The zero-order chi connectivity index (χ0) is 51.2. The van der Waals surface area contributed by atoms with Gasteiger partial charge in [-0.25, -0.2) is 19.4 Å². The van der Waals surface area contributed by atoms with Crippen LogP contribution in [0.3, 0.4) is 0 Å². The number of fused-ring (bicyclic) bond motifs is 5. The summed E-state index contributed by atoms with van der Waals surface area (Å²) in [5.41, 5.74) is -0.505. The molecule has 0 unspecified atom stereocenters. The van der Waals surface area contributed by atoms with Gasteiger partial charge in [-0.3, -0.25) is 19.2 Å². The third-order valence-electron chi connectivity index (χ3n) is 12.6. The maximum Gasteiger partial charge on any atom is 0.514 e. The molecule has 16 nitrogen and oxygen atoms in total. The van der Waals surface area contributed by atoms with Crippen LogP contribution in [0.25, 0.3) is 22.3 Å². The van der Waals surface area contributed by atoms with E-state index in [1.54, 1.807) is 77.3 Å². The standard InChI is InChI=1S/C54H76N4O12/c1-10-13-14-15-16-17-18-19-20-21-22-23-24-25-45(60)56-42(49(63)69-52(4,5)6)28-29-44(59)55-32-46(61)68-54(12-3)40-31-43-47-38(33-58(43)48(62)39(40)34-66-50(54)64)36(11-2)37-30-35(26-27-41(37)57-47)67-51(65)70-53(7,8)9/h26-27,30-31,42H,10-25,28-29,32-34H2,1-9H3,(H,55,59)(H,56,60)/t42-,54-/m0/s1. The summed E-state index contributed by atoms with van der Waals surface area (Å²) in [6, 6.07) is 5.60. The lowest BCUT2D eigenvalue weighted by Gasteiger charge is -2.35. The van der Waals surface area contributed by atoms with Gasteiger partial charge in [0.1, 0.15) is 36.1 Å². The minimum atomic E-state index is -2.01. The quantitative estimate of drug-likeness (QED) is 0.0275. The number of nitrogens with zero attached hydrogens (tertiary/aromatic N) is 2. The van der Waals surface area contributed by atoms with Gasteiger partial charge in [-0.1, -0.05) is 97.8 Å². The van der Waals surface area contributed by atoms with E-state index in [-0.39, 0.29) is 61.6 Å². The number of ether oxygens (including phenoxy) is 5. The van der Waals surface area contributed by atoms with Crippen molar-refractivity contribution < 1.29 is 52.5 Å². The molecule has 70 heavy (non-hydrogen) atoms. The molecular weight excluding hydrogens is 897 g/mol. The predicted molar refractivity (Wildman–Crippen MR) is 265 cm³/mol. The molecular formula is C54H76N4O12. The lowest BCUT2D eigenvalue weighted by Crippen LogP contribution is -2.48. The molecule has 0 radical (unpaired) electrons. The van der Waals surface area contributed by atoms with E-state index in [1.165, 1.54) is 57.8 Å². The number of pyridine rings is 2. The number of carbonyl (C=O) groups is 6. The molecule has 0 fully saturated rings. The number of unbranched alkanes of at least 4 members (excludes halogenated alkanes) is 12. The molecule has 4 heterocycles. The van der Waals surface area contributed by atoms with Crippen molar-refractivity contribution in [2.24, 2.45) is 0 Å². The molecule has 0 spiro atoms. The molecule has 384 valence electrons. The molecule has 2 aliphatic rings. The number of hydrogen-bond acceptors (Lipinski definition) is 13. The Kier molecular flexibility index (Phi) is 19.6. The van der Waals surface area contributed by atoms with Crippen LogP contribution in [0.4, 0.5) is 4.79 Å². The number of aryl methyl sites for hydroxylation is 1. The number of aromatic nitrogens is 2. The van der Waals surface area contributed by atoms with E-state index in [4.69, 9.17) is 28.7 Å². The Balaban J connectivity index is 1.20. The highest BCUT2D eigenvalue weighted by molar-refractivity contribution is 5.92. The Morgan fingerprint density at radius 3 is 2.01 bits per heavy atom. The Bertz CT molecular complexity index is 2430. The lowest BCUT2D eigenvalue weighted by atomic mass is 9.85. The number of esters is 3. The molecule has 2 N–H and O–H groups in total. The van der Waals surface area contributed by atoms with Crippen LogP contribution in [0, 0.1) is 0 Å². The van der Waals surface area contributed by atoms with Crippen molar-refractivity contribution in [3.05, 3.63) is 56.9 Å². The molecule has 2 aliphatic heterocycles. The van der Waals surface area contributed by atoms with Gasteiger partial charge in [0.25, 0.3) is 5.56 Å². The first-order valence-electron chi connectivity index (χ1n) is 25.5. The van der Waals surface area contributed by atoms with Crippen LogP contribution in [0.1, 0.15) is 194 Å². The lowest BCUT2D eigenvalue weighted by molar-refractivity contribution is -0.189. The molecule has 0 aliphatic carbocycles. The molecule has 1 aromatic carbocycles. The summed E-state index contributed by atoms with van der Waals surface area (Å²) in [6.45, 7) is 15.4. The van der Waals surface area contributed by atoms with Gasteiger partial charge in [-0.15, -0.1) is 0 Å². The highest BCUT2D eigenvalue weighted by Crippen LogP contribution is 2.42. The summed E-state index contributed by atoms with van der Waals surface area (Å²) in [7, 11) is 0. The van der Waals surface area contributed by atoms with Crippen molar-refractivity contribution in [1.29, 1.82) is 0 Å². The maximum absolute atomic E-state index is 14.3. The van der Waals surface area contributed by atoms with E-state index in [9.17, 15) is 33.6 Å². The number of hydrogen-bond donors (Lipinski definition) is 2.